The molecule has 42 heavy (non-hydrogen) atoms. The second kappa shape index (κ2) is 13.8. The van der Waals surface area contributed by atoms with Gasteiger partial charge in [0.25, 0.3) is 0 Å². The lowest BCUT2D eigenvalue weighted by atomic mass is 9.86. The van der Waals surface area contributed by atoms with E-state index in [1.807, 2.05) is 38.1 Å². The van der Waals surface area contributed by atoms with E-state index in [2.05, 4.69) is 16.0 Å². The van der Waals surface area contributed by atoms with Crippen LogP contribution in [-0.4, -0.2) is 49.6 Å². The number of esters is 1. The van der Waals surface area contributed by atoms with Gasteiger partial charge in [-0.3, -0.25) is 9.59 Å². The van der Waals surface area contributed by atoms with Crippen molar-refractivity contribution in [2.45, 2.75) is 69.6 Å². The van der Waals surface area contributed by atoms with Gasteiger partial charge in [-0.25, -0.2) is 9.59 Å². The third kappa shape index (κ3) is 7.75. The first-order chi connectivity index (χ1) is 20.0. The average Bonchev–Trinajstić information content (AvgIpc) is 3.66. The van der Waals surface area contributed by atoms with Crippen LogP contribution in [0, 0.1) is 11.8 Å². The topological polar surface area (TPSA) is 123 Å². The van der Waals surface area contributed by atoms with E-state index in [9.17, 15) is 19.2 Å². The van der Waals surface area contributed by atoms with Crippen molar-refractivity contribution < 1.29 is 28.7 Å². The molecule has 2 fully saturated rings. The fourth-order valence-electron chi connectivity index (χ4n) is 5.57. The van der Waals surface area contributed by atoms with Crippen molar-refractivity contribution in [3.63, 3.8) is 0 Å². The Morgan fingerprint density at radius 1 is 1.02 bits per heavy atom. The van der Waals surface area contributed by atoms with E-state index in [4.69, 9.17) is 32.7 Å². The van der Waals surface area contributed by atoms with Gasteiger partial charge in [-0.1, -0.05) is 61.3 Å². The molecule has 1 aliphatic heterocycles. The summed E-state index contributed by atoms with van der Waals surface area (Å²) in [5.74, 6) is -1.78. The summed E-state index contributed by atoms with van der Waals surface area (Å²) in [5, 5.41) is 9.24. The number of hydrogen-bond acceptors (Lipinski definition) is 6. The van der Waals surface area contributed by atoms with E-state index in [-0.39, 0.29) is 18.2 Å². The largest absolute Gasteiger partial charge is 0.467 e. The van der Waals surface area contributed by atoms with Crippen molar-refractivity contribution in [3.05, 3.63) is 69.7 Å². The average molecular weight is 619 g/mol. The van der Waals surface area contributed by atoms with Gasteiger partial charge in [0.05, 0.1) is 7.11 Å². The Balaban J connectivity index is 1.53. The summed E-state index contributed by atoms with van der Waals surface area (Å²) in [6.07, 6.45) is 1.01. The number of methoxy groups -OCH3 is 1. The lowest BCUT2D eigenvalue weighted by Gasteiger charge is -2.30. The molecule has 0 radical (unpaired) electrons. The van der Waals surface area contributed by atoms with E-state index in [1.165, 1.54) is 7.11 Å². The number of hydrogen-bond donors (Lipinski definition) is 3. The Kier molecular flexibility index (Phi) is 10.4. The Morgan fingerprint density at radius 3 is 2.29 bits per heavy atom. The number of halogens is 2. The maximum atomic E-state index is 13.5. The van der Waals surface area contributed by atoms with Gasteiger partial charge in [0.2, 0.25) is 11.8 Å². The normalized spacial score (nSPS) is 19.3. The molecule has 1 saturated carbocycles. The number of amides is 3. The summed E-state index contributed by atoms with van der Waals surface area (Å²) in [6.45, 7) is 4.35. The minimum Gasteiger partial charge on any atom is -0.467 e. The minimum atomic E-state index is -1.04. The molecule has 3 unspecified atom stereocenters. The molecule has 0 spiro atoms. The van der Waals surface area contributed by atoms with E-state index < -0.39 is 47.5 Å². The molecule has 2 aromatic carbocycles. The number of benzene rings is 2. The number of rotatable bonds is 12. The van der Waals surface area contributed by atoms with Gasteiger partial charge in [-0.2, -0.15) is 0 Å². The van der Waals surface area contributed by atoms with Crippen LogP contribution < -0.4 is 16.0 Å². The Bertz CT molecular complexity index is 1320. The van der Waals surface area contributed by atoms with E-state index in [0.717, 1.165) is 24.0 Å². The molecule has 1 heterocycles. The summed E-state index contributed by atoms with van der Waals surface area (Å²) in [6, 6.07) is 12.6. The van der Waals surface area contributed by atoms with Crippen molar-refractivity contribution in [2.24, 2.45) is 11.8 Å². The smallest absolute Gasteiger partial charge is 0.408 e. The van der Waals surface area contributed by atoms with E-state index >= 15 is 0 Å². The predicted octanol–water partition coefficient (Wildman–Crippen LogP) is 5.09. The Labute approximate surface area is 256 Å². The van der Waals surface area contributed by atoms with E-state index in [1.54, 1.807) is 24.3 Å². The summed E-state index contributed by atoms with van der Waals surface area (Å²) in [5.41, 5.74) is 1.17. The van der Waals surface area contributed by atoms with Gasteiger partial charge in [0.15, 0.2) is 0 Å². The minimum absolute atomic E-state index is 0.0307. The maximum absolute atomic E-state index is 13.5. The van der Waals surface area contributed by atoms with Gasteiger partial charge < -0.3 is 25.4 Å². The molecule has 3 amide bonds. The van der Waals surface area contributed by atoms with Gasteiger partial charge >= 0.3 is 12.1 Å². The van der Waals surface area contributed by atoms with Crippen LogP contribution in [0.2, 0.25) is 10.0 Å². The van der Waals surface area contributed by atoms with Gasteiger partial charge in [0, 0.05) is 27.9 Å². The highest BCUT2D eigenvalue weighted by Gasteiger charge is 2.54. The van der Waals surface area contributed by atoms with Crippen molar-refractivity contribution in [2.75, 3.05) is 13.7 Å². The van der Waals surface area contributed by atoms with Gasteiger partial charge in [0.1, 0.15) is 18.2 Å². The SMILES string of the molecule is COC(=O)C(C[C@@H]1CCNC1=O)NC(=O)C(CC(C)C)NC(=O)OC(c1cccc(Cl)c1)C1(c2cccc(Cl)c2)CC1. The monoisotopic (exact) mass is 617 g/mol. The molecule has 1 aliphatic carbocycles. The predicted molar refractivity (Wildman–Crippen MR) is 159 cm³/mol. The maximum Gasteiger partial charge on any atom is 0.408 e. The third-order valence-corrected chi connectivity index (χ3v) is 8.34. The lowest BCUT2D eigenvalue weighted by molar-refractivity contribution is -0.146. The first-order valence-corrected chi connectivity index (χ1v) is 14.9. The number of alkyl carbamates (subject to hydrolysis) is 1. The number of nitrogens with one attached hydrogen (secondary N) is 3. The molecule has 0 aromatic heterocycles. The molecular formula is C31H37Cl2N3O6. The molecule has 4 atom stereocenters. The number of carbonyl (C=O) groups is 4. The van der Waals surface area contributed by atoms with Crippen molar-refractivity contribution in [3.8, 4) is 0 Å². The molecule has 3 N–H and O–H groups in total. The van der Waals surface area contributed by atoms with Crippen LogP contribution in [0.4, 0.5) is 4.79 Å². The second-order valence-electron chi connectivity index (χ2n) is 11.4. The highest BCUT2D eigenvalue weighted by Crippen LogP contribution is 2.58. The summed E-state index contributed by atoms with van der Waals surface area (Å²) < 4.78 is 11.0. The zero-order valence-corrected chi connectivity index (χ0v) is 25.5. The molecule has 9 nitrogen and oxygen atoms in total. The molecule has 226 valence electrons. The first-order valence-electron chi connectivity index (χ1n) is 14.2. The first kappa shape index (κ1) is 31.6. The fourth-order valence-corrected chi connectivity index (χ4v) is 5.96. The molecular weight excluding hydrogens is 581 g/mol. The highest BCUT2D eigenvalue weighted by atomic mass is 35.5. The summed E-state index contributed by atoms with van der Waals surface area (Å²) in [7, 11) is 1.22. The molecule has 2 aromatic rings. The standard InChI is InChI=1S/C31H37Cl2N3O6/c1-18(2)14-24(28(38)35-25(29(39)41-3)16-20-10-13-34-27(20)37)36-30(40)42-26(19-6-4-8-22(32)15-19)31(11-12-31)21-7-5-9-23(33)17-21/h4-9,15,17-18,20,24-26H,10-14,16H2,1-3H3,(H,34,37)(H,35,38)(H,36,40)/t20-,24?,25?,26?/m0/s1. The van der Waals surface area contributed by atoms with Crippen LogP contribution in [0.5, 0.6) is 0 Å². The number of ether oxygens (including phenoxy) is 2. The summed E-state index contributed by atoms with van der Waals surface area (Å²) >= 11 is 12.6. The van der Waals surface area contributed by atoms with Crippen molar-refractivity contribution in [1.29, 1.82) is 0 Å². The molecule has 11 heteroatoms. The fraction of sp³-hybridized carbons (Fsp3) is 0.484. The molecule has 4 rings (SSSR count). The van der Waals surface area contributed by atoms with E-state index in [0.29, 0.717) is 29.4 Å². The molecule has 2 aliphatic rings. The van der Waals surface area contributed by atoms with Crippen LogP contribution in [0.15, 0.2) is 48.5 Å². The third-order valence-electron chi connectivity index (χ3n) is 7.87. The zero-order chi connectivity index (χ0) is 30.4. The van der Waals surface area contributed by atoms with Crippen LogP contribution in [0.1, 0.15) is 63.2 Å². The second-order valence-corrected chi connectivity index (χ2v) is 12.3. The molecule has 0 bridgehead atoms. The zero-order valence-electron chi connectivity index (χ0n) is 24.0. The number of carbonyl (C=O) groups excluding carboxylic acids is 4. The van der Waals surface area contributed by atoms with Crippen molar-refractivity contribution in [1.82, 2.24) is 16.0 Å². The van der Waals surface area contributed by atoms with Crippen LogP contribution in [0.25, 0.3) is 0 Å². The summed E-state index contributed by atoms with van der Waals surface area (Å²) in [4.78, 5) is 51.5. The molecule has 1 saturated heterocycles. The van der Waals surface area contributed by atoms with Crippen LogP contribution >= 0.6 is 23.2 Å². The lowest BCUT2D eigenvalue weighted by Crippen LogP contribution is -2.53. The Hall–Kier alpha value is -3.30. The van der Waals surface area contributed by atoms with Crippen molar-refractivity contribution >= 4 is 47.1 Å². The van der Waals surface area contributed by atoms with Crippen LogP contribution in [0.3, 0.4) is 0 Å². The Morgan fingerprint density at radius 2 is 1.71 bits per heavy atom. The van der Waals surface area contributed by atoms with Gasteiger partial charge in [-0.15, -0.1) is 0 Å². The quantitative estimate of drug-likeness (QED) is 0.285. The van der Waals surface area contributed by atoms with Gasteiger partial charge in [-0.05, 0) is 73.4 Å². The highest BCUT2D eigenvalue weighted by molar-refractivity contribution is 6.31. The van der Waals surface area contributed by atoms with Crippen LogP contribution in [-0.2, 0) is 29.3 Å².